The molecule has 0 N–H and O–H groups in total. The van der Waals surface area contributed by atoms with E-state index in [0.29, 0.717) is 9.86 Å². The first kappa shape index (κ1) is 11.3. The first-order valence-corrected chi connectivity index (χ1v) is 5.59. The maximum absolute atomic E-state index is 13.5. The van der Waals surface area contributed by atoms with Gasteiger partial charge in [0, 0.05) is 4.47 Å². The molecular weight excluding hydrogens is 329 g/mol. The van der Waals surface area contributed by atoms with Crippen LogP contribution in [0.15, 0.2) is 10.5 Å². The molecule has 0 aliphatic heterocycles. The summed E-state index contributed by atoms with van der Waals surface area (Å²) in [4.78, 5) is 7.45. The summed E-state index contributed by atoms with van der Waals surface area (Å²) in [6.45, 7) is 0. The van der Waals surface area contributed by atoms with E-state index in [1.54, 1.807) is 0 Å². The molecule has 0 atom stereocenters. The van der Waals surface area contributed by atoms with E-state index in [0.717, 1.165) is 6.07 Å². The molecule has 0 saturated heterocycles. The lowest BCUT2D eigenvalue weighted by Crippen LogP contribution is -1.92. The van der Waals surface area contributed by atoms with Gasteiger partial charge < -0.3 is 0 Å². The topological polar surface area (TPSA) is 25.8 Å². The van der Waals surface area contributed by atoms with Gasteiger partial charge in [-0.1, -0.05) is 23.2 Å². The van der Waals surface area contributed by atoms with Crippen LogP contribution in [0.4, 0.5) is 4.39 Å². The number of hydrogen-bond acceptors (Lipinski definition) is 2. The van der Waals surface area contributed by atoms with E-state index in [4.69, 9.17) is 34.8 Å². The molecule has 1 aromatic heterocycles. The van der Waals surface area contributed by atoms with Crippen molar-refractivity contribution in [2.75, 3.05) is 0 Å². The summed E-state index contributed by atoms with van der Waals surface area (Å²) in [5.74, 6) is -0.593. The van der Waals surface area contributed by atoms with Crippen molar-refractivity contribution in [3.05, 3.63) is 31.8 Å². The van der Waals surface area contributed by atoms with Crippen molar-refractivity contribution in [1.82, 2.24) is 9.97 Å². The molecule has 0 bridgehead atoms. The lowest BCUT2D eigenvalue weighted by molar-refractivity contribution is 0.636. The van der Waals surface area contributed by atoms with Crippen molar-refractivity contribution in [2.24, 2.45) is 0 Å². The molecule has 0 aliphatic carbocycles. The summed E-state index contributed by atoms with van der Waals surface area (Å²) < 4.78 is 13.9. The van der Waals surface area contributed by atoms with Crippen molar-refractivity contribution in [3.63, 3.8) is 0 Å². The standard InChI is InChI=1S/C8HBrCl3FN2/c9-5-2(10)1-3(13)6-4(5)7(11)15-8(12)14-6/h1H. The number of aromatic nitrogens is 2. The number of fused-ring (bicyclic) bond motifs is 1. The maximum atomic E-state index is 13.5. The fourth-order valence-electron chi connectivity index (χ4n) is 1.14. The Morgan fingerprint density at radius 3 is 2.53 bits per heavy atom. The highest BCUT2D eigenvalue weighted by atomic mass is 79.9. The van der Waals surface area contributed by atoms with Gasteiger partial charge in [0.05, 0.1) is 10.4 Å². The minimum absolute atomic E-state index is 0.0382. The van der Waals surface area contributed by atoms with Crippen LogP contribution in [-0.4, -0.2) is 9.97 Å². The van der Waals surface area contributed by atoms with E-state index in [1.165, 1.54) is 0 Å². The van der Waals surface area contributed by atoms with Crippen LogP contribution in [-0.2, 0) is 0 Å². The zero-order valence-electron chi connectivity index (χ0n) is 6.86. The van der Waals surface area contributed by atoms with Gasteiger partial charge in [0.25, 0.3) is 0 Å². The predicted molar refractivity (Wildman–Crippen MR) is 62.2 cm³/mol. The lowest BCUT2D eigenvalue weighted by Gasteiger charge is -2.05. The highest BCUT2D eigenvalue weighted by Gasteiger charge is 2.15. The van der Waals surface area contributed by atoms with Crippen LogP contribution in [0.5, 0.6) is 0 Å². The van der Waals surface area contributed by atoms with Gasteiger partial charge in [-0.25, -0.2) is 14.4 Å². The van der Waals surface area contributed by atoms with Crippen molar-refractivity contribution >= 4 is 61.6 Å². The van der Waals surface area contributed by atoms with Gasteiger partial charge in [-0.15, -0.1) is 0 Å². The van der Waals surface area contributed by atoms with Crippen LogP contribution in [0.2, 0.25) is 15.5 Å². The second-order valence-corrected chi connectivity index (χ2v) is 4.56. The second kappa shape index (κ2) is 4.01. The second-order valence-electron chi connectivity index (χ2n) is 2.66. The molecule has 1 aromatic carbocycles. The summed E-state index contributed by atoms with van der Waals surface area (Å²) in [5, 5.41) is 0.456. The van der Waals surface area contributed by atoms with E-state index < -0.39 is 5.82 Å². The first-order chi connectivity index (χ1) is 7.00. The fourth-order valence-corrected chi connectivity index (χ4v) is 2.41. The van der Waals surface area contributed by atoms with Crippen LogP contribution in [0.3, 0.4) is 0 Å². The van der Waals surface area contributed by atoms with Gasteiger partial charge in [-0.05, 0) is 33.6 Å². The molecule has 0 saturated carbocycles. The zero-order chi connectivity index (χ0) is 11.2. The third kappa shape index (κ3) is 1.91. The van der Waals surface area contributed by atoms with Crippen molar-refractivity contribution in [1.29, 1.82) is 0 Å². The molecule has 15 heavy (non-hydrogen) atoms. The molecule has 78 valence electrons. The monoisotopic (exact) mass is 328 g/mol. The van der Waals surface area contributed by atoms with Gasteiger partial charge >= 0.3 is 0 Å². The quantitative estimate of drug-likeness (QED) is 0.404. The average Bonchev–Trinajstić information content (AvgIpc) is 2.13. The van der Waals surface area contributed by atoms with Crippen LogP contribution in [0.1, 0.15) is 0 Å². The Morgan fingerprint density at radius 1 is 1.20 bits per heavy atom. The van der Waals surface area contributed by atoms with E-state index in [9.17, 15) is 4.39 Å². The molecule has 0 unspecified atom stereocenters. The zero-order valence-corrected chi connectivity index (χ0v) is 10.7. The lowest BCUT2D eigenvalue weighted by atomic mass is 10.2. The number of rotatable bonds is 0. The first-order valence-electron chi connectivity index (χ1n) is 3.67. The smallest absolute Gasteiger partial charge is 0.215 e. The number of hydrogen-bond donors (Lipinski definition) is 0. The number of benzene rings is 1. The molecule has 0 fully saturated rings. The summed E-state index contributed by atoms with van der Waals surface area (Å²) >= 11 is 20.3. The normalized spacial score (nSPS) is 11.0. The van der Waals surface area contributed by atoms with Crippen LogP contribution in [0.25, 0.3) is 10.9 Å². The fraction of sp³-hybridized carbons (Fsp3) is 0. The van der Waals surface area contributed by atoms with Gasteiger partial charge in [-0.3, -0.25) is 0 Å². The largest absolute Gasteiger partial charge is 0.224 e. The molecular formula is C8HBrCl3FN2. The average molecular weight is 330 g/mol. The summed E-state index contributed by atoms with van der Waals surface area (Å²) in [5.41, 5.74) is 0.0382. The Hall–Kier alpha value is -0.160. The van der Waals surface area contributed by atoms with Crippen LogP contribution in [0, 0.1) is 5.82 Å². The molecule has 0 amide bonds. The maximum Gasteiger partial charge on any atom is 0.224 e. The molecule has 2 aromatic rings. The highest BCUT2D eigenvalue weighted by molar-refractivity contribution is 9.10. The molecule has 2 nitrogen and oxygen atoms in total. The Bertz CT molecular complexity index is 561. The van der Waals surface area contributed by atoms with E-state index in [-0.39, 0.29) is 21.0 Å². The summed E-state index contributed by atoms with van der Waals surface area (Å²) in [7, 11) is 0. The number of halogens is 5. The third-order valence-electron chi connectivity index (χ3n) is 1.75. The van der Waals surface area contributed by atoms with Gasteiger partial charge in [0.2, 0.25) is 5.28 Å². The number of nitrogens with zero attached hydrogens (tertiary/aromatic N) is 2. The van der Waals surface area contributed by atoms with Crippen LogP contribution >= 0.6 is 50.7 Å². The minimum Gasteiger partial charge on any atom is -0.215 e. The van der Waals surface area contributed by atoms with E-state index in [2.05, 4.69) is 25.9 Å². The van der Waals surface area contributed by atoms with Gasteiger partial charge in [-0.2, -0.15) is 0 Å². The minimum atomic E-state index is -0.593. The Kier molecular flexibility index (Phi) is 3.03. The van der Waals surface area contributed by atoms with Crippen molar-refractivity contribution < 1.29 is 4.39 Å². The van der Waals surface area contributed by atoms with Crippen molar-refractivity contribution in [3.8, 4) is 0 Å². The third-order valence-corrected chi connectivity index (χ3v) is 3.54. The molecule has 2 rings (SSSR count). The van der Waals surface area contributed by atoms with Crippen LogP contribution < -0.4 is 0 Å². The molecule has 0 radical (unpaired) electrons. The molecule has 0 aliphatic rings. The summed E-state index contributed by atoms with van der Waals surface area (Å²) in [6.07, 6.45) is 0. The Morgan fingerprint density at radius 2 is 1.87 bits per heavy atom. The Balaban J connectivity index is 3.03. The molecule has 0 spiro atoms. The van der Waals surface area contributed by atoms with E-state index in [1.807, 2.05) is 0 Å². The molecule has 7 heteroatoms. The molecule has 1 heterocycles. The predicted octanol–water partition coefficient (Wildman–Crippen LogP) is 4.49. The SMILES string of the molecule is Fc1cc(Cl)c(Br)c2c(Cl)nc(Cl)nc12. The van der Waals surface area contributed by atoms with Gasteiger partial charge in [0.15, 0.2) is 5.82 Å². The van der Waals surface area contributed by atoms with Crippen molar-refractivity contribution in [2.45, 2.75) is 0 Å². The Labute approximate surface area is 107 Å². The summed E-state index contributed by atoms with van der Waals surface area (Å²) in [6, 6.07) is 1.13. The highest BCUT2D eigenvalue weighted by Crippen LogP contribution is 2.36. The van der Waals surface area contributed by atoms with E-state index >= 15 is 0 Å². The van der Waals surface area contributed by atoms with Gasteiger partial charge in [0.1, 0.15) is 10.7 Å².